The zero-order valence-electron chi connectivity index (χ0n) is 13.6. The Labute approximate surface area is 159 Å². The molecule has 27 heavy (non-hydrogen) atoms. The van der Waals surface area contributed by atoms with Crippen LogP contribution in [0.3, 0.4) is 0 Å². The third-order valence-electron chi connectivity index (χ3n) is 4.68. The van der Waals surface area contributed by atoms with Crippen LogP contribution in [0.4, 0.5) is 13.2 Å². The first-order valence-corrected chi connectivity index (χ1v) is 8.80. The molecule has 1 aliphatic rings. The Morgan fingerprint density at radius 1 is 1.04 bits per heavy atom. The second-order valence-corrected chi connectivity index (χ2v) is 7.21. The van der Waals surface area contributed by atoms with E-state index in [1.54, 1.807) is 12.1 Å². The molecule has 2 atom stereocenters. The van der Waals surface area contributed by atoms with E-state index in [0.717, 1.165) is 15.2 Å². The van der Waals surface area contributed by atoms with E-state index in [9.17, 15) is 23.3 Å². The molecule has 2 unspecified atom stereocenters. The summed E-state index contributed by atoms with van der Waals surface area (Å²) in [5.74, 6) is -3.37. The highest BCUT2D eigenvalue weighted by Crippen LogP contribution is 2.41. The summed E-state index contributed by atoms with van der Waals surface area (Å²) in [7, 11) is 0. The third-order valence-corrected chi connectivity index (χ3v) is 5.18. The van der Waals surface area contributed by atoms with Crippen LogP contribution in [0.1, 0.15) is 17.2 Å². The molecule has 1 heterocycles. The van der Waals surface area contributed by atoms with Crippen molar-refractivity contribution in [1.29, 1.82) is 0 Å². The molecule has 0 saturated heterocycles. The highest BCUT2D eigenvalue weighted by molar-refractivity contribution is 9.10. The second kappa shape index (κ2) is 6.53. The molecule has 3 aromatic rings. The number of benzene rings is 3. The molecule has 4 rings (SSSR count). The van der Waals surface area contributed by atoms with E-state index in [2.05, 4.69) is 15.9 Å². The average molecular weight is 438 g/mol. The van der Waals surface area contributed by atoms with Crippen LogP contribution >= 0.6 is 15.9 Å². The van der Waals surface area contributed by atoms with Gasteiger partial charge in [-0.05, 0) is 35.0 Å². The number of hydrogen-bond acceptors (Lipinski definition) is 3. The molecule has 1 aliphatic heterocycles. The first kappa shape index (κ1) is 17.8. The molecule has 138 valence electrons. The molecule has 0 amide bonds. The molecule has 0 aromatic heterocycles. The lowest BCUT2D eigenvalue weighted by Gasteiger charge is -2.30. The van der Waals surface area contributed by atoms with Crippen molar-refractivity contribution in [2.75, 3.05) is 0 Å². The number of fused-ring (bicyclic) bond motifs is 3. The van der Waals surface area contributed by atoms with Gasteiger partial charge in [0.15, 0.2) is 17.7 Å². The molecule has 0 saturated carbocycles. The molecule has 4 nitrogen and oxygen atoms in total. The Morgan fingerprint density at radius 2 is 1.78 bits per heavy atom. The summed E-state index contributed by atoms with van der Waals surface area (Å²) in [6, 6.07) is 8.58. The van der Waals surface area contributed by atoms with Crippen LogP contribution < -0.4 is 4.74 Å². The predicted molar refractivity (Wildman–Crippen MR) is 95.8 cm³/mol. The summed E-state index contributed by atoms with van der Waals surface area (Å²) in [5, 5.41) is 13.3. The van der Waals surface area contributed by atoms with Gasteiger partial charge in [-0.25, -0.2) is 13.2 Å². The Bertz CT molecular complexity index is 1090. The summed E-state index contributed by atoms with van der Waals surface area (Å²) >= 11 is 3.38. The van der Waals surface area contributed by atoms with Gasteiger partial charge < -0.3 is 4.74 Å². The summed E-state index contributed by atoms with van der Waals surface area (Å²) < 4.78 is 47.6. The number of nitrogens with zero attached hydrogens (tertiary/aromatic N) is 1. The molecule has 0 bridgehead atoms. The van der Waals surface area contributed by atoms with Gasteiger partial charge in [-0.1, -0.05) is 28.1 Å². The van der Waals surface area contributed by atoms with Crippen molar-refractivity contribution in [2.45, 2.75) is 18.6 Å². The number of hydrogen-bond donors (Lipinski definition) is 0. The van der Waals surface area contributed by atoms with E-state index >= 15 is 0 Å². The minimum absolute atomic E-state index is 0.0234. The van der Waals surface area contributed by atoms with Crippen molar-refractivity contribution < 1.29 is 22.8 Å². The van der Waals surface area contributed by atoms with Crippen molar-refractivity contribution >= 4 is 26.7 Å². The van der Waals surface area contributed by atoms with Crippen molar-refractivity contribution in [3.05, 3.63) is 85.6 Å². The van der Waals surface area contributed by atoms with Crippen LogP contribution in [-0.4, -0.2) is 11.0 Å². The summed E-state index contributed by atoms with van der Waals surface area (Å²) in [6.45, 7) is 0. The number of ether oxygens (including phenoxy) is 1. The molecule has 8 heteroatoms. The van der Waals surface area contributed by atoms with Gasteiger partial charge >= 0.3 is 0 Å². The van der Waals surface area contributed by atoms with Crippen LogP contribution in [-0.2, 0) is 6.42 Å². The Hall–Kier alpha value is -2.61. The van der Waals surface area contributed by atoms with Gasteiger partial charge in [0, 0.05) is 33.0 Å². The molecule has 0 N–H and O–H groups in total. The zero-order chi connectivity index (χ0) is 19.3. The van der Waals surface area contributed by atoms with Crippen LogP contribution in [0.15, 0.2) is 46.9 Å². The normalized spacial score (nSPS) is 18.8. The Morgan fingerprint density at radius 3 is 2.52 bits per heavy atom. The van der Waals surface area contributed by atoms with Crippen molar-refractivity contribution in [3.63, 3.8) is 0 Å². The maximum absolute atomic E-state index is 14.2. The number of rotatable bonds is 2. The molecular formula is C19H11BrF3NO3. The van der Waals surface area contributed by atoms with E-state index in [0.29, 0.717) is 23.4 Å². The summed E-state index contributed by atoms with van der Waals surface area (Å²) in [6.07, 6.45) is -1.39. The van der Waals surface area contributed by atoms with E-state index in [4.69, 9.17) is 4.74 Å². The van der Waals surface area contributed by atoms with Crippen molar-refractivity contribution in [2.24, 2.45) is 0 Å². The van der Waals surface area contributed by atoms with E-state index < -0.39 is 34.5 Å². The maximum Gasteiger partial charge on any atom is 0.257 e. The molecule has 0 spiro atoms. The number of nitro groups is 1. The summed E-state index contributed by atoms with van der Waals surface area (Å²) in [5.41, 5.74) is 0.248. The Kier molecular flexibility index (Phi) is 4.30. The lowest BCUT2D eigenvalue weighted by atomic mass is 9.90. The smallest absolute Gasteiger partial charge is 0.257 e. The molecule has 0 fully saturated rings. The number of halogens is 4. The highest BCUT2D eigenvalue weighted by atomic mass is 79.9. The first-order chi connectivity index (χ1) is 12.8. The summed E-state index contributed by atoms with van der Waals surface area (Å²) in [4.78, 5) is 11.1. The lowest BCUT2D eigenvalue weighted by molar-refractivity contribution is -0.535. The van der Waals surface area contributed by atoms with Crippen LogP contribution in [0.2, 0.25) is 0 Å². The largest absolute Gasteiger partial charge is 0.478 e. The quantitative estimate of drug-likeness (QED) is 0.308. The minimum Gasteiger partial charge on any atom is -0.478 e. The fourth-order valence-electron chi connectivity index (χ4n) is 3.41. The van der Waals surface area contributed by atoms with Gasteiger partial charge in [0.05, 0.1) is 0 Å². The van der Waals surface area contributed by atoms with E-state index in [1.807, 2.05) is 18.2 Å². The SMILES string of the molecule is O=[N+]([O-])C1Cc2c(ccc3cc(Br)ccc23)OC1c1cc(F)c(F)cc1F. The fraction of sp³-hybridized carbons (Fsp3) is 0.158. The topological polar surface area (TPSA) is 52.4 Å². The second-order valence-electron chi connectivity index (χ2n) is 6.29. The van der Waals surface area contributed by atoms with Gasteiger partial charge in [0.25, 0.3) is 6.04 Å². The standard InChI is InChI=1S/C19H11BrF3NO3/c20-10-2-3-11-9(5-10)1-4-18-12(11)7-17(24(25)26)19(27-18)13-6-15(22)16(23)8-14(13)21/h1-6,8,17,19H,7H2. The lowest BCUT2D eigenvalue weighted by Crippen LogP contribution is -2.37. The van der Waals surface area contributed by atoms with E-state index in [-0.39, 0.29) is 12.0 Å². The van der Waals surface area contributed by atoms with Crippen LogP contribution in [0, 0.1) is 27.6 Å². The highest BCUT2D eigenvalue weighted by Gasteiger charge is 2.42. The van der Waals surface area contributed by atoms with Gasteiger partial charge in [-0.3, -0.25) is 10.1 Å². The monoisotopic (exact) mass is 437 g/mol. The van der Waals surface area contributed by atoms with Gasteiger partial charge in [0.1, 0.15) is 11.6 Å². The maximum atomic E-state index is 14.2. The minimum atomic E-state index is -1.37. The first-order valence-electron chi connectivity index (χ1n) is 8.01. The van der Waals surface area contributed by atoms with Crippen molar-refractivity contribution in [1.82, 2.24) is 0 Å². The van der Waals surface area contributed by atoms with E-state index in [1.165, 1.54) is 0 Å². The van der Waals surface area contributed by atoms with Crippen LogP contribution in [0.5, 0.6) is 5.75 Å². The molecular weight excluding hydrogens is 427 g/mol. The van der Waals surface area contributed by atoms with Gasteiger partial charge in [-0.15, -0.1) is 0 Å². The van der Waals surface area contributed by atoms with Gasteiger partial charge in [0.2, 0.25) is 0 Å². The fourth-order valence-corrected chi connectivity index (χ4v) is 3.79. The third kappa shape index (κ3) is 3.03. The molecule has 3 aromatic carbocycles. The zero-order valence-corrected chi connectivity index (χ0v) is 15.2. The van der Waals surface area contributed by atoms with Crippen molar-refractivity contribution in [3.8, 4) is 5.75 Å². The molecule has 0 aliphatic carbocycles. The Balaban J connectivity index is 1.86. The predicted octanol–water partition coefficient (Wildman–Crippen LogP) is 5.34. The molecule has 0 radical (unpaired) electrons. The van der Waals surface area contributed by atoms with Crippen LogP contribution in [0.25, 0.3) is 10.8 Å². The van der Waals surface area contributed by atoms with Gasteiger partial charge in [-0.2, -0.15) is 0 Å². The average Bonchev–Trinajstić information content (AvgIpc) is 2.63.